The fourth-order valence-electron chi connectivity index (χ4n) is 5.66. The van der Waals surface area contributed by atoms with E-state index in [9.17, 15) is 8.42 Å². The first-order chi connectivity index (χ1) is 13.1. The van der Waals surface area contributed by atoms with Gasteiger partial charge in [0.15, 0.2) is 0 Å². The van der Waals surface area contributed by atoms with Gasteiger partial charge in [0.25, 0.3) is 10.2 Å². The van der Waals surface area contributed by atoms with Gasteiger partial charge in [-0.1, -0.05) is 24.3 Å². The summed E-state index contributed by atoms with van der Waals surface area (Å²) in [6, 6.07) is 9.27. The highest BCUT2D eigenvalue weighted by Crippen LogP contribution is 2.43. The minimum atomic E-state index is -3.36. The maximum atomic E-state index is 13.4. The van der Waals surface area contributed by atoms with Gasteiger partial charge in [-0.25, -0.2) is 0 Å². The zero-order valence-corrected chi connectivity index (χ0v) is 16.7. The van der Waals surface area contributed by atoms with Crippen molar-refractivity contribution in [3.8, 4) is 0 Å². The molecule has 0 unspecified atom stereocenters. The SMILES string of the molecule is O=S(=O)(N1CCNCC1)N1CCC[C@@H]2CN3CCc4ccccc4[C@H]3C[C@@H]21. The lowest BCUT2D eigenvalue weighted by Crippen LogP contribution is -2.61. The first-order valence-electron chi connectivity index (χ1n) is 10.4. The van der Waals surface area contributed by atoms with Gasteiger partial charge in [0.05, 0.1) is 0 Å². The van der Waals surface area contributed by atoms with E-state index in [1.165, 1.54) is 11.1 Å². The number of piperazine rings is 1. The van der Waals surface area contributed by atoms with E-state index in [0.29, 0.717) is 31.6 Å². The van der Waals surface area contributed by atoms with Crippen LogP contribution in [0.4, 0.5) is 0 Å². The van der Waals surface area contributed by atoms with E-state index in [0.717, 1.165) is 51.9 Å². The van der Waals surface area contributed by atoms with Crippen LogP contribution in [0.1, 0.15) is 36.4 Å². The summed E-state index contributed by atoms with van der Waals surface area (Å²) in [6.45, 7) is 5.52. The van der Waals surface area contributed by atoms with Crippen molar-refractivity contribution >= 4 is 10.2 Å². The van der Waals surface area contributed by atoms with Crippen LogP contribution in [0.3, 0.4) is 0 Å². The predicted octanol–water partition coefficient (Wildman–Crippen LogP) is 1.22. The van der Waals surface area contributed by atoms with E-state index in [4.69, 9.17) is 0 Å². The second-order valence-electron chi connectivity index (χ2n) is 8.43. The summed E-state index contributed by atoms with van der Waals surface area (Å²) in [7, 11) is -3.36. The summed E-state index contributed by atoms with van der Waals surface area (Å²) >= 11 is 0. The smallest absolute Gasteiger partial charge is 0.282 e. The molecule has 1 aromatic rings. The van der Waals surface area contributed by atoms with Gasteiger partial charge in [-0.2, -0.15) is 17.0 Å². The molecule has 0 aromatic heterocycles. The Morgan fingerprint density at radius 3 is 2.70 bits per heavy atom. The van der Waals surface area contributed by atoms with Crippen molar-refractivity contribution in [2.24, 2.45) is 5.92 Å². The maximum Gasteiger partial charge on any atom is 0.282 e. The van der Waals surface area contributed by atoms with Gasteiger partial charge in [-0.15, -0.1) is 0 Å². The van der Waals surface area contributed by atoms with Crippen LogP contribution in [0.2, 0.25) is 0 Å². The number of rotatable bonds is 2. The molecule has 7 heteroatoms. The highest BCUT2D eigenvalue weighted by atomic mass is 32.2. The Morgan fingerprint density at radius 1 is 1.04 bits per heavy atom. The molecule has 5 rings (SSSR count). The van der Waals surface area contributed by atoms with Crippen molar-refractivity contribution in [2.75, 3.05) is 45.8 Å². The number of hydrogen-bond acceptors (Lipinski definition) is 4. The molecule has 27 heavy (non-hydrogen) atoms. The molecule has 6 nitrogen and oxygen atoms in total. The second-order valence-corrected chi connectivity index (χ2v) is 10.3. The average molecular weight is 391 g/mol. The number of nitrogens with zero attached hydrogens (tertiary/aromatic N) is 3. The topological polar surface area (TPSA) is 55.9 Å². The van der Waals surface area contributed by atoms with Crippen molar-refractivity contribution in [2.45, 2.75) is 37.8 Å². The number of hydrogen-bond donors (Lipinski definition) is 1. The Bertz CT molecular complexity index is 793. The zero-order valence-electron chi connectivity index (χ0n) is 15.9. The van der Waals surface area contributed by atoms with Gasteiger partial charge in [0.2, 0.25) is 0 Å². The van der Waals surface area contributed by atoms with Crippen LogP contribution in [-0.4, -0.2) is 73.8 Å². The lowest BCUT2D eigenvalue weighted by Gasteiger charge is -2.52. The molecule has 1 aromatic carbocycles. The molecule has 3 fully saturated rings. The van der Waals surface area contributed by atoms with Gasteiger partial charge in [0, 0.05) is 57.9 Å². The third kappa shape index (κ3) is 3.13. The molecule has 4 heterocycles. The van der Waals surface area contributed by atoms with Crippen LogP contribution in [-0.2, 0) is 16.6 Å². The zero-order chi connectivity index (χ0) is 18.4. The third-order valence-corrected chi connectivity index (χ3v) is 9.09. The van der Waals surface area contributed by atoms with E-state index in [1.807, 2.05) is 4.31 Å². The molecule has 3 saturated heterocycles. The third-order valence-electron chi connectivity index (χ3n) is 7.02. The van der Waals surface area contributed by atoms with E-state index in [-0.39, 0.29) is 6.04 Å². The van der Waals surface area contributed by atoms with Crippen molar-refractivity contribution in [1.29, 1.82) is 0 Å². The van der Waals surface area contributed by atoms with Crippen molar-refractivity contribution in [1.82, 2.24) is 18.8 Å². The Morgan fingerprint density at radius 2 is 1.85 bits per heavy atom. The van der Waals surface area contributed by atoms with E-state index >= 15 is 0 Å². The molecular weight excluding hydrogens is 360 g/mol. The maximum absolute atomic E-state index is 13.4. The Kier molecular flexibility index (Phi) is 4.76. The van der Waals surface area contributed by atoms with E-state index in [2.05, 4.69) is 34.5 Å². The standard InChI is InChI=1S/C20H30N4O2S/c25-27(26,23-12-8-21-9-13-23)24-10-3-5-17-15-22-11-7-16-4-1-2-6-18(16)20(22)14-19(17)24/h1-2,4,6,17,19-21H,3,5,7-15H2/t17-,19+,20-/m1/s1. The summed E-state index contributed by atoms with van der Waals surface area (Å²) in [5.41, 5.74) is 2.87. The summed E-state index contributed by atoms with van der Waals surface area (Å²) in [6.07, 6.45) is 4.20. The van der Waals surface area contributed by atoms with Gasteiger partial charge < -0.3 is 5.32 Å². The summed E-state index contributed by atoms with van der Waals surface area (Å²) in [5.74, 6) is 0.470. The lowest BCUT2D eigenvalue weighted by molar-refractivity contribution is 0.0196. The highest BCUT2D eigenvalue weighted by Gasteiger charge is 2.47. The molecule has 0 saturated carbocycles. The molecule has 0 radical (unpaired) electrons. The summed E-state index contributed by atoms with van der Waals surface area (Å²) in [4.78, 5) is 2.62. The number of nitrogens with one attached hydrogen (secondary N) is 1. The number of piperidine rings is 2. The Labute approximate surface area is 162 Å². The van der Waals surface area contributed by atoms with Crippen LogP contribution in [0.25, 0.3) is 0 Å². The fourth-order valence-corrected chi connectivity index (χ4v) is 7.56. The Balaban J connectivity index is 1.44. The first kappa shape index (κ1) is 18.1. The molecule has 0 aliphatic carbocycles. The summed E-state index contributed by atoms with van der Waals surface area (Å²) in [5, 5.41) is 3.26. The molecule has 0 amide bonds. The van der Waals surface area contributed by atoms with E-state index in [1.54, 1.807) is 4.31 Å². The molecule has 0 bridgehead atoms. The first-order valence-corrected chi connectivity index (χ1v) is 11.8. The van der Waals surface area contributed by atoms with Crippen LogP contribution in [0.5, 0.6) is 0 Å². The molecular formula is C20H30N4O2S. The molecule has 4 aliphatic heterocycles. The lowest BCUT2D eigenvalue weighted by atomic mass is 9.77. The largest absolute Gasteiger partial charge is 0.314 e. The van der Waals surface area contributed by atoms with Crippen LogP contribution < -0.4 is 5.32 Å². The summed E-state index contributed by atoms with van der Waals surface area (Å²) < 4.78 is 30.4. The number of fused-ring (bicyclic) bond motifs is 4. The van der Waals surface area contributed by atoms with E-state index < -0.39 is 10.2 Å². The van der Waals surface area contributed by atoms with Crippen LogP contribution >= 0.6 is 0 Å². The van der Waals surface area contributed by atoms with Gasteiger partial charge in [0.1, 0.15) is 0 Å². The second kappa shape index (κ2) is 7.12. The molecule has 1 N–H and O–H groups in total. The van der Waals surface area contributed by atoms with Gasteiger partial charge in [-0.05, 0) is 42.7 Å². The molecule has 3 atom stereocenters. The number of benzene rings is 1. The molecule has 4 aliphatic rings. The minimum absolute atomic E-state index is 0.144. The van der Waals surface area contributed by atoms with Crippen LogP contribution in [0, 0.1) is 5.92 Å². The van der Waals surface area contributed by atoms with Gasteiger partial charge >= 0.3 is 0 Å². The fraction of sp³-hybridized carbons (Fsp3) is 0.700. The monoisotopic (exact) mass is 390 g/mol. The van der Waals surface area contributed by atoms with Crippen LogP contribution in [0.15, 0.2) is 24.3 Å². The normalized spacial score (nSPS) is 33.1. The minimum Gasteiger partial charge on any atom is -0.314 e. The highest BCUT2D eigenvalue weighted by molar-refractivity contribution is 7.86. The predicted molar refractivity (Wildman–Crippen MR) is 106 cm³/mol. The van der Waals surface area contributed by atoms with Crippen molar-refractivity contribution in [3.63, 3.8) is 0 Å². The molecule has 0 spiro atoms. The molecule has 148 valence electrons. The van der Waals surface area contributed by atoms with Gasteiger partial charge in [-0.3, -0.25) is 4.90 Å². The Hall–Kier alpha value is -0.990. The van der Waals surface area contributed by atoms with Crippen molar-refractivity contribution in [3.05, 3.63) is 35.4 Å². The average Bonchev–Trinajstić information content (AvgIpc) is 2.72. The quantitative estimate of drug-likeness (QED) is 0.825. The van der Waals surface area contributed by atoms with Crippen molar-refractivity contribution < 1.29 is 8.42 Å².